The summed E-state index contributed by atoms with van der Waals surface area (Å²) in [7, 11) is 0. The van der Waals surface area contributed by atoms with Crippen LogP contribution >= 0.6 is 23.2 Å². The molecule has 2 aromatic rings. The van der Waals surface area contributed by atoms with Gasteiger partial charge in [-0.05, 0) is 31.9 Å². The number of nitrogens with zero attached hydrogens (tertiary/aromatic N) is 1. The first-order valence-electron chi connectivity index (χ1n) is 7.21. The van der Waals surface area contributed by atoms with Crippen LogP contribution in [0.15, 0.2) is 22.7 Å². The van der Waals surface area contributed by atoms with Crippen molar-refractivity contribution < 1.29 is 9.32 Å². The smallest absolute Gasteiger partial charge is 0.257 e. The Balaban J connectivity index is 2.47. The average molecular weight is 341 g/mol. The minimum atomic E-state index is -0.224. The van der Waals surface area contributed by atoms with Crippen LogP contribution in [0.2, 0.25) is 10.0 Å². The zero-order chi connectivity index (χ0) is 16.3. The summed E-state index contributed by atoms with van der Waals surface area (Å²) in [6, 6.07) is 5.26. The van der Waals surface area contributed by atoms with Gasteiger partial charge in [-0.2, -0.15) is 0 Å². The Kier molecular flexibility index (Phi) is 5.48. The van der Waals surface area contributed by atoms with E-state index in [1.54, 1.807) is 25.1 Å². The lowest BCUT2D eigenvalue weighted by Crippen LogP contribution is -2.34. The first-order chi connectivity index (χ1) is 10.5. The fourth-order valence-corrected chi connectivity index (χ4v) is 2.86. The van der Waals surface area contributed by atoms with Crippen LogP contribution in [0.1, 0.15) is 42.8 Å². The molecule has 0 spiro atoms. The standard InChI is InChI=1S/C16H18Cl2N2O2/c1-4-10(5-2)19-16(21)13-9(3)22-20-15(13)14-11(17)7-6-8-12(14)18/h6-8,10H,4-5H2,1-3H3,(H,19,21). The van der Waals surface area contributed by atoms with Gasteiger partial charge < -0.3 is 9.84 Å². The number of rotatable bonds is 5. The lowest BCUT2D eigenvalue weighted by atomic mass is 10.0. The van der Waals surface area contributed by atoms with Gasteiger partial charge in [0.05, 0.1) is 10.0 Å². The molecule has 1 heterocycles. The normalized spacial score (nSPS) is 11.0. The second-order valence-corrected chi connectivity index (χ2v) is 5.86. The Labute approximate surface area is 139 Å². The number of halogens is 2. The van der Waals surface area contributed by atoms with Crippen molar-refractivity contribution in [3.63, 3.8) is 0 Å². The van der Waals surface area contributed by atoms with Crippen molar-refractivity contribution in [1.82, 2.24) is 10.5 Å². The summed E-state index contributed by atoms with van der Waals surface area (Å²) in [5.41, 5.74) is 1.26. The summed E-state index contributed by atoms with van der Waals surface area (Å²) in [6.07, 6.45) is 1.71. The number of hydrogen-bond acceptors (Lipinski definition) is 3. The molecule has 0 aliphatic heterocycles. The molecule has 0 aliphatic rings. The van der Waals surface area contributed by atoms with Crippen molar-refractivity contribution >= 4 is 29.1 Å². The number of aryl methyl sites for hydroxylation is 1. The van der Waals surface area contributed by atoms with Crippen LogP contribution in [0, 0.1) is 6.92 Å². The van der Waals surface area contributed by atoms with Crippen LogP contribution < -0.4 is 5.32 Å². The minimum Gasteiger partial charge on any atom is -0.360 e. The highest BCUT2D eigenvalue weighted by atomic mass is 35.5. The van der Waals surface area contributed by atoms with E-state index >= 15 is 0 Å². The topological polar surface area (TPSA) is 55.1 Å². The van der Waals surface area contributed by atoms with E-state index in [0.29, 0.717) is 32.6 Å². The fourth-order valence-electron chi connectivity index (χ4n) is 2.28. The lowest BCUT2D eigenvalue weighted by Gasteiger charge is -2.15. The molecule has 118 valence electrons. The highest BCUT2D eigenvalue weighted by molar-refractivity contribution is 6.39. The molecule has 0 aliphatic carbocycles. The van der Waals surface area contributed by atoms with Crippen LogP contribution in [-0.4, -0.2) is 17.1 Å². The molecule has 22 heavy (non-hydrogen) atoms. The van der Waals surface area contributed by atoms with E-state index in [0.717, 1.165) is 12.8 Å². The number of aromatic nitrogens is 1. The maximum Gasteiger partial charge on any atom is 0.257 e. The number of amides is 1. The molecular formula is C16H18Cl2N2O2. The molecule has 0 fully saturated rings. The SMILES string of the molecule is CCC(CC)NC(=O)c1c(-c2c(Cl)cccc2Cl)noc1C. The third kappa shape index (κ3) is 3.28. The quantitative estimate of drug-likeness (QED) is 0.844. The molecule has 6 heteroatoms. The van der Waals surface area contributed by atoms with E-state index in [1.165, 1.54) is 0 Å². The van der Waals surface area contributed by atoms with Crippen LogP contribution in [-0.2, 0) is 0 Å². The third-order valence-corrected chi connectivity index (χ3v) is 4.24. The molecule has 1 N–H and O–H groups in total. The number of carbonyl (C=O) groups is 1. The second kappa shape index (κ2) is 7.16. The molecule has 0 bridgehead atoms. The summed E-state index contributed by atoms with van der Waals surface area (Å²) in [5, 5.41) is 7.82. The van der Waals surface area contributed by atoms with Gasteiger partial charge in [-0.1, -0.05) is 48.3 Å². The van der Waals surface area contributed by atoms with Gasteiger partial charge in [0, 0.05) is 11.6 Å². The number of nitrogens with one attached hydrogen (secondary N) is 1. The van der Waals surface area contributed by atoms with E-state index in [-0.39, 0.29) is 11.9 Å². The lowest BCUT2D eigenvalue weighted by molar-refractivity contribution is 0.0934. The van der Waals surface area contributed by atoms with E-state index < -0.39 is 0 Å². The average Bonchev–Trinajstić information content (AvgIpc) is 2.86. The Morgan fingerprint density at radius 3 is 2.41 bits per heavy atom. The van der Waals surface area contributed by atoms with Crippen molar-refractivity contribution in [3.05, 3.63) is 39.6 Å². The van der Waals surface area contributed by atoms with Crippen molar-refractivity contribution in [2.75, 3.05) is 0 Å². The largest absolute Gasteiger partial charge is 0.360 e. The van der Waals surface area contributed by atoms with Crippen molar-refractivity contribution in [2.24, 2.45) is 0 Å². The van der Waals surface area contributed by atoms with Crippen LogP contribution in [0.25, 0.3) is 11.3 Å². The molecule has 1 aromatic heterocycles. The molecular weight excluding hydrogens is 323 g/mol. The predicted molar refractivity (Wildman–Crippen MR) is 88.5 cm³/mol. The van der Waals surface area contributed by atoms with Crippen molar-refractivity contribution in [3.8, 4) is 11.3 Å². The molecule has 0 unspecified atom stereocenters. The molecule has 1 amide bonds. The molecule has 0 saturated carbocycles. The molecule has 0 saturated heterocycles. The molecule has 0 radical (unpaired) electrons. The second-order valence-electron chi connectivity index (χ2n) is 5.05. The highest BCUT2D eigenvalue weighted by Gasteiger charge is 2.25. The van der Waals surface area contributed by atoms with E-state index in [4.69, 9.17) is 27.7 Å². The maximum atomic E-state index is 12.6. The molecule has 0 atom stereocenters. The molecule has 2 rings (SSSR count). The summed E-state index contributed by atoms with van der Waals surface area (Å²) < 4.78 is 5.20. The Morgan fingerprint density at radius 1 is 1.27 bits per heavy atom. The van der Waals surface area contributed by atoms with E-state index in [9.17, 15) is 4.79 Å². The number of benzene rings is 1. The van der Waals surface area contributed by atoms with Gasteiger partial charge >= 0.3 is 0 Å². The summed E-state index contributed by atoms with van der Waals surface area (Å²) in [4.78, 5) is 12.6. The zero-order valence-corrected chi connectivity index (χ0v) is 14.3. The van der Waals surface area contributed by atoms with Gasteiger partial charge in [-0.3, -0.25) is 4.79 Å². The Bertz CT molecular complexity index is 659. The first-order valence-corrected chi connectivity index (χ1v) is 7.96. The monoisotopic (exact) mass is 340 g/mol. The summed E-state index contributed by atoms with van der Waals surface area (Å²) in [5.74, 6) is 0.216. The van der Waals surface area contributed by atoms with E-state index in [1.807, 2.05) is 13.8 Å². The van der Waals surface area contributed by atoms with Gasteiger partial charge in [-0.25, -0.2) is 0 Å². The van der Waals surface area contributed by atoms with Crippen LogP contribution in [0.3, 0.4) is 0 Å². The maximum absolute atomic E-state index is 12.6. The number of carbonyl (C=O) groups excluding carboxylic acids is 1. The fraction of sp³-hybridized carbons (Fsp3) is 0.375. The predicted octanol–water partition coefficient (Wildman–Crippen LogP) is 4.88. The molecule has 1 aromatic carbocycles. The van der Waals surface area contributed by atoms with E-state index in [2.05, 4.69) is 10.5 Å². The van der Waals surface area contributed by atoms with Gasteiger partial charge in [0.2, 0.25) is 0 Å². The van der Waals surface area contributed by atoms with Crippen LogP contribution in [0.4, 0.5) is 0 Å². The first kappa shape index (κ1) is 16.8. The van der Waals surface area contributed by atoms with Gasteiger partial charge in [0.15, 0.2) is 0 Å². The molecule has 4 nitrogen and oxygen atoms in total. The number of hydrogen-bond donors (Lipinski definition) is 1. The van der Waals surface area contributed by atoms with Crippen LogP contribution in [0.5, 0.6) is 0 Å². The minimum absolute atomic E-state index is 0.108. The third-order valence-electron chi connectivity index (χ3n) is 3.61. The summed E-state index contributed by atoms with van der Waals surface area (Å²) in [6.45, 7) is 5.75. The Morgan fingerprint density at radius 2 is 1.86 bits per heavy atom. The van der Waals surface area contributed by atoms with Crippen molar-refractivity contribution in [1.29, 1.82) is 0 Å². The van der Waals surface area contributed by atoms with Gasteiger partial charge in [0.25, 0.3) is 5.91 Å². The van der Waals surface area contributed by atoms with Gasteiger partial charge in [-0.15, -0.1) is 0 Å². The van der Waals surface area contributed by atoms with Gasteiger partial charge in [0.1, 0.15) is 17.0 Å². The highest BCUT2D eigenvalue weighted by Crippen LogP contribution is 2.36. The Hall–Kier alpha value is -1.52. The van der Waals surface area contributed by atoms with Crippen molar-refractivity contribution in [2.45, 2.75) is 39.7 Å². The zero-order valence-electron chi connectivity index (χ0n) is 12.7. The summed E-state index contributed by atoms with van der Waals surface area (Å²) >= 11 is 12.4.